The predicted molar refractivity (Wildman–Crippen MR) is 84.3 cm³/mol. The molecule has 1 unspecified atom stereocenters. The highest BCUT2D eigenvalue weighted by Crippen LogP contribution is 2.39. The van der Waals surface area contributed by atoms with E-state index in [9.17, 15) is 9.90 Å². The third-order valence-corrected chi connectivity index (χ3v) is 4.70. The molecule has 0 bridgehead atoms. The molecule has 0 aliphatic carbocycles. The van der Waals surface area contributed by atoms with Gasteiger partial charge >= 0.3 is 5.97 Å². The highest BCUT2D eigenvalue weighted by molar-refractivity contribution is 5.78. The summed E-state index contributed by atoms with van der Waals surface area (Å²) in [7, 11) is 2.50. The summed E-state index contributed by atoms with van der Waals surface area (Å²) >= 11 is 0. The second-order valence-electron chi connectivity index (χ2n) is 6.72. The van der Waals surface area contributed by atoms with E-state index in [2.05, 4.69) is 10.0 Å². The fourth-order valence-corrected chi connectivity index (χ4v) is 3.25. The van der Waals surface area contributed by atoms with Gasteiger partial charge in [-0.1, -0.05) is 12.0 Å². The number of methoxy groups -OCH3 is 2. The monoisotopic (exact) mass is 359 g/mol. The molecule has 0 aromatic heterocycles. The number of aliphatic hydroxyl groups excluding tert-OH is 1. The quantitative estimate of drug-likeness (QED) is 0.336. The van der Waals surface area contributed by atoms with Crippen LogP contribution in [-0.4, -0.2) is 67.8 Å². The maximum Gasteiger partial charge on any atom is 0.366 e. The summed E-state index contributed by atoms with van der Waals surface area (Å²) in [6, 6.07) is -0.632. The zero-order valence-corrected chi connectivity index (χ0v) is 15.0. The van der Waals surface area contributed by atoms with Gasteiger partial charge in [0.15, 0.2) is 5.79 Å². The standard InChI is InChI=1S/C15H25N3O7/c1-8-9(17-18-16)6-15(22-5,13(20)21-4)25-12(8)11(19)10-7-23-14(2,3)24-10/h8-12,19H,6-7H2,1-5H3/t8-,9-,10-,11-,12?,15+/m1/s1. The van der Waals surface area contributed by atoms with Gasteiger partial charge in [0.2, 0.25) is 0 Å². The van der Waals surface area contributed by atoms with Gasteiger partial charge in [-0.25, -0.2) is 4.79 Å². The molecule has 0 spiro atoms. The van der Waals surface area contributed by atoms with E-state index in [4.69, 9.17) is 29.2 Å². The summed E-state index contributed by atoms with van der Waals surface area (Å²) in [5.74, 6) is -3.73. The van der Waals surface area contributed by atoms with Gasteiger partial charge in [0.25, 0.3) is 5.79 Å². The number of nitrogens with zero attached hydrogens (tertiary/aromatic N) is 3. The molecule has 142 valence electrons. The molecule has 6 atom stereocenters. The molecule has 0 saturated carbocycles. The first-order chi connectivity index (χ1) is 11.7. The summed E-state index contributed by atoms with van der Waals surface area (Å²) in [5, 5.41) is 14.5. The minimum Gasteiger partial charge on any atom is -0.465 e. The van der Waals surface area contributed by atoms with Crippen molar-refractivity contribution in [3.05, 3.63) is 10.4 Å². The Morgan fingerprint density at radius 3 is 2.56 bits per heavy atom. The number of hydrogen-bond donors (Lipinski definition) is 1. The van der Waals surface area contributed by atoms with Crippen LogP contribution in [0.15, 0.2) is 5.11 Å². The number of azide groups is 1. The minimum absolute atomic E-state index is 0.0157. The Kier molecular flexibility index (Phi) is 5.93. The average Bonchev–Trinajstić information content (AvgIpc) is 2.95. The lowest BCUT2D eigenvalue weighted by Crippen LogP contribution is -2.60. The van der Waals surface area contributed by atoms with Crippen molar-refractivity contribution in [1.82, 2.24) is 0 Å². The molecule has 2 aliphatic rings. The molecule has 2 fully saturated rings. The van der Waals surface area contributed by atoms with Crippen molar-refractivity contribution in [2.45, 2.75) is 63.1 Å². The summed E-state index contributed by atoms with van der Waals surface area (Å²) in [5.41, 5.74) is 8.83. The minimum atomic E-state index is -1.76. The molecule has 10 heteroatoms. The van der Waals surface area contributed by atoms with Crippen LogP contribution < -0.4 is 0 Å². The zero-order valence-electron chi connectivity index (χ0n) is 15.0. The van der Waals surface area contributed by atoms with Gasteiger partial charge in [0.1, 0.15) is 12.2 Å². The van der Waals surface area contributed by atoms with E-state index < -0.39 is 41.9 Å². The van der Waals surface area contributed by atoms with Crippen LogP contribution in [-0.2, 0) is 28.5 Å². The molecular weight excluding hydrogens is 334 g/mol. The maximum atomic E-state index is 12.2. The molecular formula is C15H25N3O7. The lowest BCUT2D eigenvalue weighted by Gasteiger charge is -2.45. The third-order valence-electron chi connectivity index (χ3n) is 4.70. The molecule has 2 rings (SSSR count). The molecule has 1 N–H and O–H groups in total. The van der Waals surface area contributed by atoms with Gasteiger partial charge in [0, 0.05) is 24.5 Å². The van der Waals surface area contributed by atoms with E-state index in [1.54, 1.807) is 20.8 Å². The van der Waals surface area contributed by atoms with Crippen molar-refractivity contribution in [3.63, 3.8) is 0 Å². The Hall–Kier alpha value is -1.42. The second kappa shape index (κ2) is 7.45. The average molecular weight is 359 g/mol. The van der Waals surface area contributed by atoms with Crippen molar-refractivity contribution in [1.29, 1.82) is 0 Å². The summed E-state index contributed by atoms with van der Waals surface area (Å²) in [6.07, 6.45) is -2.67. The molecule has 2 heterocycles. The van der Waals surface area contributed by atoms with Crippen molar-refractivity contribution >= 4 is 5.97 Å². The smallest absolute Gasteiger partial charge is 0.366 e. The van der Waals surface area contributed by atoms with Crippen molar-refractivity contribution in [2.75, 3.05) is 20.8 Å². The first-order valence-corrected chi connectivity index (χ1v) is 8.05. The second-order valence-corrected chi connectivity index (χ2v) is 6.72. The normalized spacial score (nSPS) is 38.6. The van der Waals surface area contributed by atoms with E-state index >= 15 is 0 Å². The Morgan fingerprint density at radius 1 is 1.40 bits per heavy atom. The molecule has 25 heavy (non-hydrogen) atoms. The first-order valence-electron chi connectivity index (χ1n) is 8.05. The van der Waals surface area contributed by atoms with E-state index in [1.165, 1.54) is 14.2 Å². The maximum absolute atomic E-state index is 12.2. The van der Waals surface area contributed by atoms with Crippen LogP contribution in [0.5, 0.6) is 0 Å². The molecule has 0 aromatic rings. The van der Waals surface area contributed by atoms with E-state index in [0.717, 1.165) is 0 Å². The number of rotatable bonds is 5. The van der Waals surface area contributed by atoms with Crippen LogP contribution in [0, 0.1) is 5.92 Å². The Balaban J connectivity index is 2.30. The lowest BCUT2D eigenvalue weighted by molar-refractivity contribution is -0.299. The fourth-order valence-electron chi connectivity index (χ4n) is 3.25. The number of hydrogen-bond acceptors (Lipinski definition) is 8. The fraction of sp³-hybridized carbons (Fsp3) is 0.933. The number of aliphatic hydroxyl groups is 1. The van der Waals surface area contributed by atoms with Crippen molar-refractivity contribution in [2.24, 2.45) is 11.0 Å². The van der Waals surface area contributed by atoms with Crippen LogP contribution in [0.4, 0.5) is 0 Å². The molecule has 0 aromatic carbocycles. The highest BCUT2D eigenvalue weighted by atomic mass is 16.8. The summed E-state index contributed by atoms with van der Waals surface area (Å²) in [4.78, 5) is 15.1. The molecule has 10 nitrogen and oxygen atoms in total. The Bertz CT molecular complexity index is 551. The SMILES string of the molecule is COC(=O)[C@]1(OC)C[C@@H](N=[N+]=[N-])[C@@H](C)C([C@H](O)[C@H]2COC(C)(C)O2)O1. The summed E-state index contributed by atoms with van der Waals surface area (Å²) in [6.45, 7) is 5.42. The largest absolute Gasteiger partial charge is 0.465 e. The Labute approximate surface area is 145 Å². The van der Waals surface area contributed by atoms with Crippen LogP contribution in [0.3, 0.4) is 0 Å². The van der Waals surface area contributed by atoms with Gasteiger partial charge in [-0.15, -0.1) is 0 Å². The number of ether oxygens (including phenoxy) is 5. The highest BCUT2D eigenvalue weighted by Gasteiger charge is 2.55. The van der Waals surface area contributed by atoms with Crippen LogP contribution in [0.25, 0.3) is 10.4 Å². The van der Waals surface area contributed by atoms with Crippen LogP contribution in [0.1, 0.15) is 27.2 Å². The van der Waals surface area contributed by atoms with E-state index in [-0.39, 0.29) is 18.9 Å². The lowest BCUT2D eigenvalue weighted by atomic mass is 9.83. The van der Waals surface area contributed by atoms with Gasteiger partial charge in [-0.2, -0.15) is 0 Å². The van der Waals surface area contributed by atoms with Crippen LogP contribution in [0.2, 0.25) is 0 Å². The van der Waals surface area contributed by atoms with Gasteiger partial charge < -0.3 is 28.8 Å². The van der Waals surface area contributed by atoms with E-state index in [0.29, 0.717) is 0 Å². The number of carbonyl (C=O) groups excluding carboxylic acids is 1. The van der Waals surface area contributed by atoms with Crippen LogP contribution >= 0.6 is 0 Å². The first kappa shape index (κ1) is 19.9. The summed E-state index contributed by atoms with van der Waals surface area (Å²) < 4.78 is 27.1. The van der Waals surface area contributed by atoms with Gasteiger partial charge in [-0.05, 0) is 25.3 Å². The predicted octanol–water partition coefficient (Wildman–Crippen LogP) is 1.12. The number of esters is 1. The molecule has 2 saturated heterocycles. The Morgan fingerprint density at radius 2 is 2.08 bits per heavy atom. The van der Waals surface area contributed by atoms with Gasteiger partial charge in [-0.3, -0.25) is 0 Å². The molecule has 0 amide bonds. The molecule has 2 aliphatic heterocycles. The third kappa shape index (κ3) is 3.89. The number of carbonyl (C=O) groups is 1. The van der Waals surface area contributed by atoms with Crippen molar-refractivity contribution < 1.29 is 33.6 Å². The topological polar surface area (TPSA) is 132 Å². The molecule has 0 radical (unpaired) electrons. The zero-order chi connectivity index (χ0) is 18.8. The van der Waals surface area contributed by atoms with Gasteiger partial charge in [0.05, 0.1) is 19.8 Å². The van der Waals surface area contributed by atoms with E-state index in [1.807, 2.05) is 0 Å². The van der Waals surface area contributed by atoms with Crippen molar-refractivity contribution in [3.8, 4) is 0 Å².